The van der Waals surface area contributed by atoms with Crippen molar-refractivity contribution in [3.05, 3.63) is 33.4 Å². The van der Waals surface area contributed by atoms with Crippen LogP contribution in [0.4, 0.5) is 0 Å². The molecule has 0 aromatic carbocycles. The van der Waals surface area contributed by atoms with Crippen molar-refractivity contribution < 1.29 is 13.9 Å². The zero-order valence-corrected chi connectivity index (χ0v) is 15.2. The minimum Gasteiger partial charge on any atom is -0.427 e. The molecule has 1 unspecified atom stereocenters. The molecule has 0 bridgehead atoms. The van der Waals surface area contributed by atoms with Crippen LogP contribution in [0.2, 0.25) is 0 Å². The SMILES string of the molecule is CCCC(C)c1cc(C)c(C(=O)NC2(COC)CCCC2)c(=O)o1. The van der Waals surface area contributed by atoms with Crippen molar-refractivity contribution in [2.24, 2.45) is 0 Å². The fourth-order valence-corrected chi connectivity index (χ4v) is 3.66. The van der Waals surface area contributed by atoms with Gasteiger partial charge in [0.2, 0.25) is 0 Å². The molecule has 24 heavy (non-hydrogen) atoms. The molecule has 5 heteroatoms. The molecule has 0 radical (unpaired) electrons. The van der Waals surface area contributed by atoms with Crippen LogP contribution < -0.4 is 10.9 Å². The van der Waals surface area contributed by atoms with Gasteiger partial charge in [0.05, 0.1) is 12.1 Å². The van der Waals surface area contributed by atoms with Crippen LogP contribution in [0.5, 0.6) is 0 Å². The first-order chi connectivity index (χ1) is 11.4. The number of ether oxygens (including phenoxy) is 1. The fourth-order valence-electron chi connectivity index (χ4n) is 3.66. The van der Waals surface area contributed by atoms with Gasteiger partial charge < -0.3 is 14.5 Å². The molecule has 1 N–H and O–H groups in total. The number of hydrogen-bond acceptors (Lipinski definition) is 4. The van der Waals surface area contributed by atoms with E-state index in [0.29, 0.717) is 17.9 Å². The Morgan fingerprint density at radius 2 is 2.08 bits per heavy atom. The third kappa shape index (κ3) is 4.07. The van der Waals surface area contributed by atoms with Crippen LogP contribution >= 0.6 is 0 Å². The molecule has 1 atom stereocenters. The summed E-state index contributed by atoms with van der Waals surface area (Å²) in [6.45, 7) is 6.40. The molecule has 1 heterocycles. The Morgan fingerprint density at radius 1 is 1.42 bits per heavy atom. The molecular weight excluding hydrogens is 306 g/mol. The highest BCUT2D eigenvalue weighted by atomic mass is 16.5. The van der Waals surface area contributed by atoms with Gasteiger partial charge in [0, 0.05) is 13.0 Å². The minimum absolute atomic E-state index is 0.116. The number of aryl methyl sites for hydroxylation is 1. The second-order valence-corrected chi connectivity index (χ2v) is 7.06. The summed E-state index contributed by atoms with van der Waals surface area (Å²) in [4.78, 5) is 25.1. The highest BCUT2D eigenvalue weighted by molar-refractivity contribution is 5.95. The molecule has 0 saturated heterocycles. The lowest BCUT2D eigenvalue weighted by Crippen LogP contribution is -2.50. The normalized spacial score (nSPS) is 17.7. The highest BCUT2D eigenvalue weighted by Crippen LogP contribution is 2.30. The zero-order valence-electron chi connectivity index (χ0n) is 15.2. The second-order valence-electron chi connectivity index (χ2n) is 7.06. The van der Waals surface area contributed by atoms with E-state index in [1.165, 1.54) is 0 Å². The van der Waals surface area contributed by atoms with Crippen molar-refractivity contribution in [2.45, 2.75) is 70.8 Å². The van der Waals surface area contributed by atoms with Gasteiger partial charge in [-0.05, 0) is 37.8 Å². The maximum absolute atomic E-state index is 12.7. The second kappa shape index (κ2) is 7.97. The number of carbonyl (C=O) groups excluding carboxylic acids is 1. The fraction of sp³-hybridized carbons (Fsp3) is 0.684. The number of methoxy groups -OCH3 is 1. The van der Waals surface area contributed by atoms with E-state index in [-0.39, 0.29) is 22.9 Å². The van der Waals surface area contributed by atoms with E-state index in [0.717, 1.165) is 38.5 Å². The first-order valence-corrected chi connectivity index (χ1v) is 8.88. The summed E-state index contributed by atoms with van der Waals surface area (Å²) in [7, 11) is 1.63. The van der Waals surface area contributed by atoms with Crippen LogP contribution in [0, 0.1) is 6.92 Å². The number of amides is 1. The van der Waals surface area contributed by atoms with Gasteiger partial charge in [-0.2, -0.15) is 0 Å². The largest absolute Gasteiger partial charge is 0.427 e. The Morgan fingerprint density at radius 3 is 2.62 bits per heavy atom. The van der Waals surface area contributed by atoms with Gasteiger partial charge in [-0.1, -0.05) is 33.1 Å². The van der Waals surface area contributed by atoms with Crippen molar-refractivity contribution in [3.63, 3.8) is 0 Å². The van der Waals surface area contributed by atoms with Gasteiger partial charge in [-0.15, -0.1) is 0 Å². The molecule has 1 saturated carbocycles. The third-order valence-electron chi connectivity index (χ3n) is 4.96. The average molecular weight is 335 g/mol. The number of rotatable bonds is 7. The molecule has 1 aromatic rings. The summed E-state index contributed by atoms with van der Waals surface area (Å²) in [5, 5.41) is 3.04. The quantitative estimate of drug-likeness (QED) is 0.827. The maximum atomic E-state index is 12.7. The first kappa shape index (κ1) is 18.7. The monoisotopic (exact) mass is 335 g/mol. The Balaban J connectivity index is 2.25. The molecule has 1 aliphatic rings. The van der Waals surface area contributed by atoms with E-state index < -0.39 is 5.63 Å². The summed E-state index contributed by atoms with van der Waals surface area (Å²) in [6, 6.07) is 1.83. The minimum atomic E-state index is -0.545. The zero-order chi connectivity index (χ0) is 17.7. The molecule has 1 amide bonds. The van der Waals surface area contributed by atoms with Crippen molar-refractivity contribution in [2.75, 3.05) is 13.7 Å². The van der Waals surface area contributed by atoms with E-state index in [4.69, 9.17) is 9.15 Å². The summed E-state index contributed by atoms with van der Waals surface area (Å²) < 4.78 is 10.7. The Labute approximate surface area is 143 Å². The van der Waals surface area contributed by atoms with E-state index in [1.807, 2.05) is 13.0 Å². The van der Waals surface area contributed by atoms with Crippen molar-refractivity contribution >= 4 is 5.91 Å². The van der Waals surface area contributed by atoms with Crippen LogP contribution in [0.15, 0.2) is 15.3 Å². The predicted octanol–water partition coefficient (Wildman–Crippen LogP) is 3.54. The Hall–Kier alpha value is -1.62. The molecule has 0 aliphatic heterocycles. The van der Waals surface area contributed by atoms with Gasteiger partial charge in [0.25, 0.3) is 5.91 Å². The van der Waals surface area contributed by atoms with Crippen molar-refractivity contribution in [3.8, 4) is 0 Å². The highest BCUT2D eigenvalue weighted by Gasteiger charge is 2.36. The Kier molecular flexibility index (Phi) is 6.21. The van der Waals surface area contributed by atoms with Crippen molar-refractivity contribution in [1.82, 2.24) is 5.32 Å². The van der Waals surface area contributed by atoms with E-state index in [1.54, 1.807) is 14.0 Å². The lowest BCUT2D eigenvalue weighted by molar-refractivity contribution is 0.0762. The Bertz CT molecular complexity index is 629. The van der Waals surface area contributed by atoms with Gasteiger partial charge >= 0.3 is 5.63 Å². The van der Waals surface area contributed by atoms with Gasteiger partial charge in [0.1, 0.15) is 11.3 Å². The molecule has 0 spiro atoms. The molecular formula is C19H29NO4. The van der Waals surface area contributed by atoms with Gasteiger partial charge in [-0.3, -0.25) is 4.79 Å². The van der Waals surface area contributed by atoms with Crippen molar-refractivity contribution in [1.29, 1.82) is 0 Å². The number of hydrogen-bond donors (Lipinski definition) is 1. The van der Waals surface area contributed by atoms with Crippen LogP contribution in [-0.2, 0) is 4.74 Å². The number of nitrogens with one attached hydrogen (secondary N) is 1. The molecule has 134 valence electrons. The lowest BCUT2D eigenvalue weighted by Gasteiger charge is -2.29. The molecule has 2 rings (SSSR count). The van der Waals surface area contributed by atoms with Gasteiger partial charge in [-0.25, -0.2) is 4.79 Å². The molecule has 1 fully saturated rings. The van der Waals surface area contributed by atoms with Crippen LogP contribution in [-0.4, -0.2) is 25.2 Å². The van der Waals surface area contributed by atoms with Crippen LogP contribution in [0.25, 0.3) is 0 Å². The molecule has 5 nitrogen and oxygen atoms in total. The molecule has 1 aromatic heterocycles. The number of carbonyl (C=O) groups is 1. The topological polar surface area (TPSA) is 68.5 Å². The molecule has 1 aliphatic carbocycles. The van der Waals surface area contributed by atoms with Crippen LogP contribution in [0.1, 0.15) is 80.0 Å². The predicted molar refractivity (Wildman–Crippen MR) is 93.6 cm³/mol. The van der Waals surface area contributed by atoms with Gasteiger partial charge in [0.15, 0.2) is 0 Å². The summed E-state index contributed by atoms with van der Waals surface area (Å²) in [5.74, 6) is 0.478. The van der Waals surface area contributed by atoms with E-state index in [9.17, 15) is 9.59 Å². The van der Waals surface area contributed by atoms with E-state index >= 15 is 0 Å². The maximum Gasteiger partial charge on any atom is 0.349 e. The summed E-state index contributed by atoms with van der Waals surface area (Å²) in [6.07, 6.45) is 5.84. The first-order valence-electron chi connectivity index (χ1n) is 8.88. The van der Waals surface area contributed by atoms with E-state index in [2.05, 4.69) is 12.2 Å². The summed E-state index contributed by atoms with van der Waals surface area (Å²) >= 11 is 0. The van der Waals surface area contributed by atoms with Crippen LogP contribution in [0.3, 0.4) is 0 Å². The third-order valence-corrected chi connectivity index (χ3v) is 4.96. The smallest absolute Gasteiger partial charge is 0.349 e. The average Bonchev–Trinajstić information content (AvgIpc) is 2.95. The summed E-state index contributed by atoms with van der Waals surface area (Å²) in [5.41, 5.74) is -0.119. The lowest BCUT2D eigenvalue weighted by atomic mass is 9.97. The standard InChI is InChI=1S/C19H29NO4/c1-5-8-13(2)15-11-14(3)16(18(22)24-15)17(21)20-19(12-23-4)9-6-7-10-19/h11,13H,5-10,12H2,1-4H3,(H,20,21).